The van der Waals surface area contributed by atoms with Crippen LogP contribution in [0.15, 0.2) is 24.3 Å². The van der Waals surface area contributed by atoms with E-state index in [9.17, 15) is 14.7 Å². The highest BCUT2D eigenvalue weighted by Gasteiger charge is 2.14. The van der Waals surface area contributed by atoms with Crippen molar-refractivity contribution in [2.24, 2.45) is 11.8 Å². The van der Waals surface area contributed by atoms with Crippen LogP contribution in [0.5, 0.6) is 0 Å². The molecule has 0 radical (unpaired) electrons. The Hall–Kier alpha value is -1.62. The second kappa shape index (κ2) is 30.8. The average Bonchev–Trinajstić information content (AvgIpc) is 2.98. The van der Waals surface area contributed by atoms with Crippen LogP contribution in [0.1, 0.15) is 169 Å². The maximum Gasteiger partial charge on any atom is 0.308 e. The fourth-order valence-electron chi connectivity index (χ4n) is 5.04. The molecule has 2 unspecified atom stereocenters. The Bertz CT molecular complexity index is 615. The largest absolute Gasteiger partial charge is 0.461 e. The molecule has 0 heterocycles. The summed E-state index contributed by atoms with van der Waals surface area (Å²) < 4.78 is 10.8. The fourth-order valence-corrected chi connectivity index (χ4v) is 5.04. The molecule has 0 rings (SSSR count). The Morgan fingerprint density at radius 2 is 0.881 bits per heavy atom. The van der Waals surface area contributed by atoms with E-state index in [0.29, 0.717) is 13.2 Å². The first kappa shape index (κ1) is 40.4. The first-order chi connectivity index (χ1) is 20.4. The molecule has 0 aromatic rings. The third kappa shape index (κ3) is 27.2. The average molecular weight is 593 g/mol. The van der Waals surface area contributed by atoms with Crippen LogP contribution in [0.2, 0.25) is 0 Å². The van der Waals surface area contributed by atoms with Gasteiger partial charge in [0, 0.05) is 0 Å². The number of aliphatic hydroxyl groups is 1. The highest BCUT2D eigenvalue weighted by Crippen LogP contribution is 2.17. The van der Waals surface area contributed by atoms with Crippen molar-refractivity contribution >= 4 is 11.9 Å². The number of allylic oxidation sites excluding steroid dienone is 2. The molecule has 0 fully saturated rings. The Morgan fingerprint density at radius 1 is 0.524 bits per heavy atom. The first-order valence-corrected chi connectivity index (χ1v) is 17.7. The maximum absolute atomic E-state index is 12.1. The van der Waals surface area contributed by atoms with Crippen molar-refractivity contribution in [3.63, 3.8) is 0 Å². The molecule has 0 bridgehead atoms. The zero-order chi connectivity index (χ0) is 31.1. The van der Waals surface area contributed by atoms with Crippen molar-refractivity contribution in [2.75, 3.05) is 13.2 Å². The topological polar surface area (TPSA) is 72.8 Å². The molecule has 42 heavy (non-hydrogen) atoms. The van der Waals surface area contributed by atoms with E-state index in [1.165, 1.54) is 51.4 Å². The van der Waals surface area contributed by atoms with Gasteiger partial charge in [0.2, 0.25) is 0 Å². The molecule has 0 saturated carbocycles. The van der Waals surface area contributed by atoms with Gasteiger partial charge in [-0.1, -0.05) is 142 Å². The van der Waals surface area contributed by atoms with Crippen LogP contribution < -0.4 is 0 Å². The Morgan fingerprint density at radius 3 is 1.26 bits per heavy atom. The molecule has 1 N–H and O–H groups in total. The predicted molar refractivity (Wildman–Crippen MR) is 177 cm³/mol. The molecule has 0 aliphatic rings. The number of carbonyl (C=O) groups excluding carboxylic acids is 2. The third-order valence-electron chi connectivity index (χ3n) is 8.08. The molecule has 0 aliphatic carbocycles. The Kier molecular flexibility index (Phi) is 29.6. The van der Waals surface area contributed by atoms with Gasteiger partial charge in [0.05, 0.1) is 17.9 Å². The number of aliphatic hydroxyl groups excluding tert-OH is 1. The zero-order valence-corrected chi connectivity index (χ0v) is 28.1. The van der Waals surface area contributed by atoms with Crippen molar-refractivity contribution in [1.29, 1.82) is 0 Å². The van der Waals surface area contributed by atoms with Gasteiger partial charge in [0.15, 0.2) is 0 Å². The third-order valence-corrected chi connectivity index (χ3v) is 8.08. The molecule has 246 valence electrons. The van der Waals surface area contributed by atoms with Crippen LogP contribution >= 0.6 is 0 Å². The highest BCUT2D eigenvalue weighted by atomic mass is 16.5. The smallest absolute Gasteiger partial charge is 0.308 e. The van der Waals surface area contributed by atoms with Gasteiger partial charge in [-0.15, -0.1) is 0 Å². The van der Waals surface area contributed by atoms with E-state index in [-0.39, 0.29) is 29.9 Å². The SMILES string of the molecule is CCCCCCC=CCOC(=O)C(C)CCCCCCC(O)CCCCCCC(C)C(=O)OCC=CCCCCCC. The van der Waals surface area contributed by atoms with Crippen molar-refractivity contribution in [1.82, 2.24) is 0 Å². The van der Waals surface area contributed by atoms with E-state index in [2.05, 4.69) is 26.0 Å². The van der Waals surface area contributed by atoms with Crippen LogP contribution in [0.3, 0.4) is 0 Å². The molecule has 2 atom stereocenters. The summed E-state index contributed by atoms with van der Waals surface area (Å²) in [7, 11) is 0. The number of carbonyl (C=O) groups is 2. The fraction of sp³-hybridized carbons (Fsp3) is 0.838. The lowest BCUT2D eigenvalue weighted by Crippen LogP contribution is -2.15. The van der Waals surface area contributed by atoms with E-state index in [4.69, 9.17) is 9.47 Å². The van der Waals surface area contributed by atoms with Crippen LogP contribution in [-0.2, 0) is 19.1 Å². The quantitative estimate of drug-likeness (QED) is 0.0510. The molecule has 0 aliphatic heterocycles. The van der Waals surface area contributed by atoms with Crippen LogP contribution in [0, 0.1) is 11.8 Å². The number of ether oxygens (including phenoxy) is 2. The maximum atomic E-state index is 12.1. The van der Waals surface area contributed by atoms with Gasteiger partial charge in [0.25, 0.3) is 0 Å². The monoisotopic (exact) mass is 593 g/mol. The van der Waals surface area contributed by atoms with Gasteiger partial charge in [-0.2, -0.15) is 0 Å². The summed E-state index contributed by atoms with van der Waals surface area (Å²) >= 11 is 0. The summed E-state index contributed by atoms with van der Waals surface area (Å²) in [5.74, 6) is -0.276. The Labute approximate surface area is 260 Å². The molecule has 0 amide bonds. The lowest BCUT2D eigenvalue weighted by atomic mass is 9.99. The number of esters is 2. The van der Waals surface area contributed by atoms with Gasteiger partial charge in [0.1, 0.15) is 13.2 Å². The summed E-state index contributed by atoms with van der Waals surface area (Å²) in [5, 5.41) is 10.3. The van der Waals surface area contributed by atoms with Gasteiger partial charge in [-0.3, -0.25) is 9.59 Å². The second-order valence-electron chi connectivity index (χ2n) is 12.3. The van der Waals surface area contributed by atoms with E-state index < -0.39 is 0 Å². The van der Waals surface area contributed by atoms with E-state index >= 15 is 0 Å². The summed E-state index contributed by atoms with van der Waals surface area (Å²) in [6.45, 7) is 9.13. The van der Waals surface area contributed by atoms with Gasteiger partial charge < -0.3 is 14.6 Å². The van der Waals surface area contributed by atoms with Gasteiger partial charge >= 0.3 is 11.9 Å². The summed E-state index contributed by atoms with van der Waals surface area (Å²) in [4.78, 5) is 24.3. The van der Waals surface area contributed by atoms with Crippen molar-refractivity contribution in [3.8, 4) is 0 Å². The predicted octanol–water partition coefficient (Wildman–Crippen LogP) is 10.4. The normalized spacial score (nSPS) is 13.9. The summed E-state index contributed by atoms with van der Waals surface area (Å²) in [5.41, 5.74) is 0. The number of rotatable bonds is 30. The van der Waals surface area contributed by atoms with E-state index in [1.54, 1.807) is 0 Å². The molecule has 0 aromatic heterocycles. The second-order valence-corrected chi connectivity index (χ2v) is 12.3. The number of unbranched alkanes of at least 4 members (excludes halogenated alkanes) is 14. The highest BCUT2D eigenvalue weighted by molar-refractivity contribution is 5.72. The molecular weight excluding hydrogens is 524 g/mol. The van der Waals surface area contributed by atoms with Crippen molar-refractivity contribution < 1.29 is 24.2 Å². The minimum atomic E-state index is -0.216. The summed E-state index contributed by atoms with van der Waals surface area (Å²) in [6, 6.07) is 0. The molecule has 0 spiro atoms. The minimum Gasteiger partial charge on any atom is -0.461 e. The summed E-state index contributed by atoms with van der Waals surface area (Å²) in [6.07, 6.45) is 32.2. The lowest BCUT2D eigenvalue weighted by Gasteiger charge is -2.12. The van der Waals surface area contributed by atoms with Gasteiger partial charge in [-0.05, 0) is 51.4 Å². The van der Waals surface area contributed by atoms with Gasteiger partial charge in [-0.25, -0.2) is 0 Å². The van der Waals surface area contributed by atoms with Crippen LogP contribution in [0.4, 0.5) is 0 Å². The van der Waals surface area contributed by atoms with E-state index in [0.717, 1.165) is 89.9 Å². The molecule has 0 aromatic carbocycles. The zero-order valence-electron chi connectivity index (χ0n) is 28.1. The van der Waals surface area contributed by atoms with E-state index in [1.807, 2.05) is 26.0 Å². The minimum absolute atomic E-state index is 0.0470. The van der Waals surface area contributed by atoms with Crippen LogP contribution in [0.25, 0.3) is 0 Å². The standard InChI is InChI=1S/C37H68O5/c1-5-7-9-11-13-19-25-31-41-36(39)33(3)27-21-15-17-23-29-35(38)30-24-18-16-22-28-34(4)37(40)42-32-26-20-14-12-10-8-6-2/h19-20,25-26,33-35,38H,5-18,21-24,27-32H2,1-4H3. The Balaban J connectivity index is 3.60. The molecule has 0 saturated heterocycles. The number of hydrogen-bond acceptors (Lipinski definition) is 5. The number of hydrogen-bond donors (Lipinski definition) is 1. The molecule has 5 nitrogen and oxygen atoms in total. The lowest BCUT2D eigenvalue weighted by molar-refractivity contribution is -0.147. The first-order valence-electron chi connectivity index (χ1n) is 17.7. The molecule has 5 heteroatoms. The van der Waals surface area contributed by atoms with Crippen molar-refractivity contribution in [3.05, 3.63) is 24.3 Å². The van der Waals surface area contributed by atoms with Crippen LogP contribution in [-0.4, -0.2) is 36.4 Å². The molecular formula is C37H68O5. The van der Waals surface area contributed by atoms with Crippen molar-refractivity contribution in [2.45, 2.75) is 175 Å².